The van der Waals surface area contributed by atoms with Gasteiger partial charge in [0.25, 0.3) is 0 Å². The number of carbonyl (C=O) groups is 2. The number of nitrogens with zero attached hydrogens (tertiary/aromatic N) is 1. The average Bonchev–Trinajstić information content (AvgIpc) is 2.78. The highest BCUT2D eigenvalue weighted by atomic mass is 16.5. The second-order valence-corrected chi connectivity index (χ2v) is 5.47. The van der Waals surface area contributed by atoms with E-state index in [-0.39, 0.29) is 12.5 Å². The standard InChI is InChI=1S/C15H24N2O4/c1-6-15(7-2,14(19)20)8-16-13(18)9(3)12-10(4)17-21-11(12)5/h9H,6-8H2,1-5H3,(H,16,18)(H,19,20). The zero-order chi connectivity index (χ0) is 16.2. The Kier molecular flexibility index (Phi) is 5.52. The number of aliphatic carboxylic acids is 1. The summed E-state index contributed by atoms with van der Waals surface area (Å²) >= 11 is 0. The van der Waals surface area contributed by atoms with Gasteiger partial charge < -0.3 is 14.9 Å². The Bertz CT molecular complexity index is 498. The Morgan fingerprint density at radius 1 is 1.33 bits per heavy atom. The van der Waals surface area contributed by atoms with Crippen LogP contribution < -0.4 is 5.32 Å². The average molecular weight is 296 g/mol. The molecule has 1 aromatic rings. The van der Waals surface area contributed by atoms with Gasteiger partial charge in [-0.3, -0.25) is 9.59 Å². The van der Waals surface area contributed by atoms with E-state index in [1.807, 2.05) is 13.8 Å². The van der Waals surface area contributed by atoms with Crippen molar-refractivity contribution in [2.75, 3.05) is 6.54 Å². The molecular weight excluding hydrogens is 272 g/mol. The van der Waals surface area contributed by atoms with Gasteiger partial charge in [-0.1, -0.05) is 19.0 Å². The lowest BCUT2D eigenvalue weighted by Gasteiger charge is -2.27. The van der Waals surface area contributed by atoms with Gasteiger partial charge in [-0.05, 0) is 33.6 Å². The van der Waals surface area contributed by atoms with E-state index in [0.29, 0.717) is 24.3 Å². The summed E-state index contributed by atoms with van der Waals surface area (Å²) in [4.78, 5) is 23.7. The lowest BCUT2D eigenvalue weighted by molar-refractivity contribution is -0.149. The molecule has 1 aromatic heterocycles. The van der Waals surface area contributed by atoms with Crippen LogP contribution >= 0.6 is 0 Å². The molecule has 1 rings (SSSR count). The molecule has 0 aliphatic carbocycles. The van der Waals surface area contributed by atoms with Crippen molar-refractivity contribution >= 4 is 11.9 Å². The Balaban J connectivity index is 2.80. The molecule has 6 heteroatoms. The maximum atomic E-state index is 12.3. The van der Waals surface area contributed by atoms with E-state index >= 15 is 0 Å². The van der Waals surface area contributed by atoms with E-state index in [1.54, 1.807) is 20.8 Å². The molecule has 0 radical (unpaired) electrons. The summed E-state index contributed by atoms with van der Waals surface area (Å²) in [7, 11) is 0. The van der Waals surface area contributed by atoms with Crippen LogP contribution in [0.4, 0.5) is 0 Å². The van der Waals surface area contributed by atoms with Gasteiger partial charge in [0, 0.05) is 12.1 Å². The predicted molar refractivity (Wildman–Crippen MR) is 78.1 cm³/mol. The second kappa shape index (κ2) is 6.74. The van der Waals surface area contributed by atoms with Crippen molar-refractivity contribution < 1.29 is 19.2 Å². The maximum Gasteiger partial charge on any atom is 0.311 e. The molecule has 0 bridgehead atoms. The second-order valence-electron chi connectivity index (χ2n) is 5.47. The number of hydrogen-bond donors (Lipinski definition) is 2. The number of amides is 1. The van der Waals surface area contributed by atoms with Gasteiger partial charge in [0.2, 0.25) is 5.91 Å². The molecule has 0 spiro atoms. The molecule has 0 aliphatic heterocycles. The fourth-order valence-electron chi connectivity index (χ4n) is 2.53. The molecule has 1 atom stereocenters. The van der Waals surface area contributed by atoms with E-state index < -0.39 is 17.3 Å². The monoisotopic (exact) mass is 296 g/mol. The molecule has 118 valence electrons. The first-order valence-corrected chi connectivity index (χ1v) is 7.23. The Morgan fingerprint density at radius 2 is 1.90 bits per heavy atom. The summed E-state index contributed by atoms with van der Waals surface area (Å²) in [6.07, 6.45) is 0.942. The SMILES string of the molecule is CCC(CC)(CNC(=O)C(C)c1c(C)noc1C)C(=O)O. The number of carboxylic acids is 1. The number of carboxylic acid groups (broad SMARTS) is 1. The quantitative estimate of drug-likeness (QED) is 0.806. The van der Waals surface area contributed by atoms with Gasteiger partial charge in [-0.25, -0.2) is 0 Å². The first-order valence-electron chi connectivity index (χ1n) is 7.23. The summed E-state index contributed by atoms with van der Waals surface area (Å²) < 4.78 is 5.07. The molecule has 1 unspecified atom stereocenters. The molecule has 0 aliphatic rings. The van der Waals surface area contributed by atoms with Gasteiger partial charge >= 0.3 is 5.97 Å². The lowest BCUT2D eigenvalue weighted by Crippen LogP contribution is -2.43. The number of rotatable bonds is 7. The normalized spacial score (nSPS) is 13.0. The summed E-state index contributed by atoms with van der Waals surface area (Å²) in [6, 6.07) is 0. The van der Waals surface area contributed by atoms with Crippen LogP contribution in [0, 0.1) is 19.3 Å². The minimum Gasteiger partial charge on any atom is -0.481 e. The van der Waals surface area contributed by atoms with E-state index in [4.69, 9.17) is 4.52 Å². The highest BCUT2D eigenvalue weighted by molar-refractivity contribution is 5.84. The third kappa shape index (κ3) is 3.43. The summed E-state index contributed by atoms with van der Waals surface area (Å²) in [5.74, 6) is -0.892. The molecule has 6 nitrogen and oxygen atoms in total. The zero-order valence-corrected chi connectivity index (χ0v) is 13.3. The third-order valence-corrected chi connectivity index (χ3v) is 4.32. The molecule has 1 heterocycles. The first-order chi connectivity index (χ1) is 9.79. The molecule has 0 saturated heterocycles. The number of aromatic nitrogens is 1. The Labute approximate surface area is 124 Å². The number of aryl methyl sites for hydroxylation is 2. The fourth-order valence-corrected chi connectivity index (χ4v) is 2.53. The molecule has 0 aromatic carbocycles. The highest BCUT2D eigenvalue weighted by Gasteiger charge is 2.36. The van der Waals surface area contributed by atoms with Crippen molar-refractivity contribution in [1.29, 1.82) is 0 Å². The van der Waals surface area contributed by atoms with Crippen molar-refractivity contribution in [2.45, 2.75) is 53.4 Å². The molecule has 0 saturated carbocycles. The van der Waals surface area contributed by atoms with Crippen LogP contribution in [0.5, 0.6) is 0 Å². The topological polar surface area (TPSA) is 92.4 Å². The fraction of sp³-hybridized carbons (Fsp3) is 0.667. The molecule has 2 N–H and O–H groups in total. The minimum absolute atomic E-state index is 0.127. The van der Waals surface area contributed by atoms with Crippen molar-refractivity contribution in [1.82, 2.24) is 10.5 Å². The Hall–Kier alpha value is -1.85. The first kappa shape index (κ1) is 17.2. The summed E-state index contributed by atoms with van der Waals surface area (Å²) in [5.41, 5.74) is 0.542. The van der Waals surface area contributed by atoms with Crippen LogP contribution in [0.1, 0.15) is 56.5 Å². The lowest BCUT2D eigenvalue weighted by atomic mass is 9.82. The van der Waals surface area contributed by atoms with Crippen molar-refractivity contribution in [3.05, 3.63) is 17.0 Å². The van der Waals surface area contributed by atoms with Gasteiger partial charge in [-0.15, -0.1) is 0 Å². The third-order valence-electron chi connectivity index (χ3n) is 4.32. The number of nitrogens with one attached hydrogen (secondary N) is 1. The minimum atomic E-state index is -0.909. The molecular formula is C15H24N2O4. The smallest absolute Gasteiger partial charge is 0.311 e. The van der Waals surface area contributed by atoms with Crippen LogP contribution in [0.2, 0.25) is 0 Å². The van der Waals surface area contributed by atoms with Gasteiger partial charge in [0.05, 0.1) is 17.0 Å². The van der Waals surface area contributed by atoms with E-state index in [0.717, 1.165) is 5.56 Å². The van der Waals surface area contributed by atoms with E-state index in [2.05, 4.69) is 10.5 Å². The van der Waals surface area contributed by atoms with Gasteiger partial charge in [0.15, 0.2) is 0 Å². The van der Waals surface area contributed by atoms with E-state index in [1.165, 1.54) is 0 Å². The van der Waals surface area contributed by atoms with Crippen LogP contribution in [0.15, 0.2) is 4.52 Å². The molecule has 21 heavy (non-hydrogen) atoms. The number of hydrogen-bond acceptors (Lipinski definition) is 4. The largest absolute Gasteiger partial charge is 0.481 e. The predicted octanol–water partition coefficient (Wildman–Crippen LogP) is 2.40. The zero-order valence-electron chi connectivity index (χ0n) is 13.3. The van der Waals surface area contributed by atoms with Gasteiger partial charge in [0.1, 0.15) is 5.76 Å². The molecule has 1 amide bonds. The van der Waals surface area contributed by atoms with Crippen molar-refractivity contribution in [3.8, 4) is 0 Å². The Morgan fingerprint density at radius 3 is 2.29 bits per heavy atom. The van der Waals surface area contributed by atoms with Crippen molar-refractivity contribution in [2.24, 2.45) is 5.41 Å². The van der Waals surface area contributed by atoms with Crippen LogP contribution in [-0.2, 0) is 9.59 Å². The highest BCUT2D eigenvalue weighted by Crippen LogP contribution is 2.27. The van der Waals surface area contributed by atoms with Crippen LogP contribution in [-0.4, -0.2) is 28.7 Å². The summed E-state index contributed by atoms with van der Waals surface area (Å²) in [6.45, 7) is 9.08. The maximum absolute atomic E-state index is 12.3. The van der Waals surface area contributed by atoms with Crippen LogP contribution in [0.3, 0.4) is 0 Å². The molecule has 0 fully saturated rings. The number of carbonyl (C=O) groups excluding carboxylic acids is 1. The van der Waals surface area contributed by atoms with Gasteiger partial charge in [-0.2, -0.15) is 0 Å². The van der Waals surface area contributed by atoms with E-state index in [9.17, 15) is 14.7 Å². The van der Waals surface area contributed by atoms with Crippen LogP contribution in [0.25, 0.3) is 0 Å². The van der Waals surface area contributed by atoms with Crippen molar-refractivity contribution in [3.63, 3.8) is 0 Å². The summed E-state index contributed by atoms with van der Waals surface area (Å²) in [5, 5.41) is 16.0.